The van der Waals surface area contributed by atoms with E-state index in [1.54, 1.807) is 0 Å². The second-order valence-electron chi connectivity index (χ2n) is 9.33. The number of carbonyl (C=O) groups is 4. The molecule has 4 atom stereocenters. The molecule has 0 bridgehead atoms. The van der Waals surface area contributed by atoms with Crippen LogP contribution in [0.2, 0.25) is 0 Å². The molecule has 216 valence electrons. The molecule has 0 fully saturated rings. The number of hydrogen-bond donors (Lipinski definition) is 9. The van der Waals surface area contributed by atoms with E-state index in [-0.39, 0.29) is 0 Å². The van der Waals surface area contributed by atoms with Gasteiger partial charge in [0.2, 0.25) is 23.6 Å². The summed E-state index contributed by atoms with van der Waals surface area (Å²) in [5, 5.41) is 8.12. The van der Waals surface area contributed by atoms with Crippen molar-refractivity contribution in [1.82, 2.24) is 16.0 Å². The van der Waals surface area contributed by atoms with Crippen LogP contribution in [0.15, 0.2) is 0 Å². The van der Waals surface area contributed by atoms with Gasteiger partial charge in [-0.25, -0.2) is 0 Å². The maximum absolute atomic E-state index is 13.2. The van der Waals surface area contributed by atoms with Crippen LogP contribution in [0.5, 0.6) is 0 Å². The van der Waals surface area contributed by atoms with Crippen LogP contribution < -0.4 is 50.4 Å². The van der Waals surface area contributed by atoms with Gasteiger partial charge in [0.25, 0.3) is 0 Å². The van der Waals surface area contributed by atoms with Crippen LogP contribution in [0.3, 0.4) is 0 Å². The fourth-order valence-electron chi connectivity index (χ4n) is 3.76. The molecule has 0 aromatic carbocycles. The van der Waals surface area contributed by atoms with Gasteiger partial charge in [-0.05, 0) is 96.8 Å². The van der Waals surface area contributed by atoms with Crippen LogP contribution in [0.4, 0.5) is 0 Å². The quantitative estimate of drug-likeness (QED) is 0.0647. The second kappa shape index (κ2) is 21.7. The van der Waals surface area contributed by atoms with Crippen molar-refractivity contribution in [3.63, 3.8) is 0 Å². The van der Waals surface area contributed by atoms with Crippen molar-refractivity contribution in [3.05, 3.63) is 0 Å². The summed E-state index contributed by atoms with van der Waals surface area (Å²) in [6.45, 7) is 1.86. The molecule has 13 heteroatoms. The van der Waals surface area contributed by atoms with Gasteiger partial charge in [0.05, 0.1) is 6.04 Å². The summed E-state index contributed by atoms with van der Waals surface area (Å²) < 4.78 is 0. The van der Waals surface area contributed by atoms with E-state index in [0.717, 1.165) is 6.42 Å². The smallest absolute Gasteiger partial charge is 0.243 e. The molecule has 0 unspecified atom stereocenters. The Bertz CT molecular complexity index is 666. The number of nitrogens with two attached hydrogens (primary N) is 6. The van der Waals surface area contributed by atoms with Gasteiger partial charge in [-0.2, -0.15) is 0 Å². The predicted molar refractivity (Wildman–Crippen MR) is 145 cm³/mol. The Morgan fingerprint density at radius 3 is 1.19 bits per heavy atom. The minimum absolute atomic E-state index is 0.311. The van der Waals surface area contributed by atoms with Crippen molar-refractivity contribution in [1.29, 1.82) is 0 Å². The monoisotopic (exact) mass is 529 g/mol. The van der Waals surface area contributed by atoms with Crippen LogP contribution >= 0.6 is 0 Å². The van der Waals surface area contributed by atoms with Gasteiger partial charge in [0.1, 0.15) is 18.1 Å². The normalized spacial score (nSPS) is 14.3. The van der Waals surface area contributed by atoms with E-state index < -0.39 is 47.8 Å². The molecule has 0 aliphatic heterocycles. The standard InChI is InChI=1S/C24H51N9O4/c25-13-5-1-9-17(29)22(35)32-19(11-3-7-15-27)24(37)33-20(12-4-8-16-28)23(36)31-18(21(30)34)10-2-6-14-26/h17-20H,1-16,25-29H2,(H2,30,34)(H,31,36)(H,32,35)(H,33,37)/t17-,18-,19-,20-/m0/s1. The Hall–Kier alpha value is -2.32. The van der Waals surface area contributed by atoms with E-state index in [4.69, 9.17) is 34.4 Å². The molecular weight excluding hydrogens is 478 g/mol. The number of rotatable bonds is 23. The highest BCUT2D eigenvalue weighted by Crippen LogP contribution is 2.08. The Labute approximate surface area is 220 Å². The maximum Gasteiger partial charge on any atom is 0.243 e. The first-order valence-corrected chi connectivity index (χ1v) is 13.5. The SMILES string of the molecule is NCCCC[C@H](NC(=O)[C@H](CCCCN)NC(=O)[C@H](CCCCN)NC(=O)[C@@H](N)CCCCN)C(N)=O. The van der Waals surface area contributed by atoms with Crippen LogP contribution in [0.1, 0.15) is 77.0 Å². The summed E-state index contributed by atoms with van der Waals surface area (Å²) in [5.74, 6) is -2.13. The molecule has 15 N–H and O–H groups in total. The lowest BCUT2D eigenvalue weighted by Crippen LogP contribution is -2.57. The number of hydrogen-bond acceptors (Lipinski definition) is 9. The van der Waals surface area contributed by atoms with Crippen molar-refractivity contribution >= 4 is 23.6 Å². The summed E-state index contributed by atoms with van der Waals surface area (Å²) >= 11 is 0. The fraction of sp³-hybridized carbons (Fsp3) is 0.833. The summed E-state index contributed by atoms with van der Waals surface area (Å²) in [4.78, 5) is 50.8. The molecule has 0 aliphatic rings. The zero-order valence-corrected chi connectivity index (χ0v) is 22.2. The number of primary amides is 1. The van der Waals surface area contributed by atoms with Crippen LogP contribution in [-0.4, -0.2) is 74.0 Å². The van der Waals surface area contributed by atoms with Crippen molar-refractivity contribution in [2.45, 2.75) is 101 Å². The fourth-order valence-corrected chi connectivity index (χ4v) is 3.76. The molecule has 0 aromatic rings. The van der Waals surface area contributed by atoms with Crippen LogP contribution in [0.25, 0.3) is 0 Å². The lowest BCUT2D eigenvalue weighted by atomic mass is 10.0. The molecule has 0 saturated carbocycles. The average molecular weight is 530 g/mol. The van der Waals surface area contributed by atoms with Gasteiger partial charge in [-0.15, -0.1) is 0 Å². The van der Waals surface area contributed by atoms with E-state index >= 15 is 0 Å². The van der Waals surface area contributed by atoms with Crippen LogP contribution in [0, 0.1) is 0 Å². The van der Waals surface area contributed by atoms with Gasteiger partial charge in [0, 0.05) is 0 Å². The largest absolute Gasteiger partial charge is 0.368 e. The van der Waals surface area contributed by atoms with Gasteiger partial charge < -0.3 is 50.4 Å². The van der Waals surface area contributed by atoms with Crippen LogP contribution in [-0.2, 0) is 19.2 Å². The lowest BCUT2D eigenvalue weighted by molar-refractivity contribution is -0.133. The van der Waals surface area contributed by atoms with E-state index in [1.807, 2.05) is 0 Å². The van der Waals surface area contributed by atoms with Crippen molar-refractivity contribution in [3.8, 4) is 0 Å². The molecule has 37 heavy (non-hydrogen) atoms. The molecule has 0 heterocycles. The molecular formula is C24H51N9O4. The second-order valence-corrected chi connectivity index (χ2v) is 9.33. The summed E-state index contributed by atoms with van der Waals surface area (Å²) in [6.07, 6.45) is 6.72. The van der Waals surface area contributed by atoms with Gasteiger partial charge in [-0.3, -0.25) is 19.2 Å². The van der Waals surface area contributed by atoms with Crippen molar-refractivity contribution in [2.24, 2.45) is 34.4 Å². The first-order chi connectivity index (χ1) is 17.7. The Morgan fingerprint density at radius 2 is 0.811 bits per heavy atom. The Morgan fingerprint density at radius 1 is 0.486 bits per heavy atom. The Balaban J connectivity index is 5.43. The summed E-state index contributed by atoms with van der Waals surface area (Å²) in [6, 6.07) is -3.46. The van der Waals surface area contributed by atoms with E-state index in [1.165, 1.54) is 0 Å². The van der Waals surface area contributed by atoms with Crippen molar-refractivity contribution < 1.29 is 19.2 Å². The highest BCUT2D eigenvalue weighted by Gasteiger charge is 2.29. The topological polar surface area (TPSA) is 260 Å². The molecule has 0 rings (SSSR count). The van der Waals surface area contributed by atoms with E-state index in [2.05, 4.69) is 16.0 Å². The van der Waals surface area contributed by atoms with E-state index in [9.17, 15) is 19.2 Å². The molecule has 0 radical (unpaired) electrons. The number of amides is 4. The highest BCUT2D eigenvalue weighted by atomic mass is 16.2. The molecule has 0 aromatic heterocycles. The molecule has 0 spiro atoms. The third-order valence-electron chi connectivity index (χ3n) is 6.07. The number of unbranched alkanes of at least 4 members (excludes halogenated alkanes) is 4. The minimum Gasteiger partial charge on any atom is -0.368 e. The maximum atomic E-state index is 13.2. The van der Waals surface area contributed by atoms with E-state index in [0.29, 0.717) is 96.8 Å². The predicted octanol–water partition coefficient (Wildman–Crippen LogP) is -2.23. The lowest BCUT2D eigenvalue weighted by Gasteiger charge is -2.25. The zero-order valence-electron chi connectivity index (χ0n) is 22.2. The van der Waals surface area contributed by atoms with Gasteiger partial charge >= 0.3 is 0 Å². The zero-order chi connectivity index (χ0) is 28.1. The molecule has 0 saturated heterocycles. The van der Waals surface area contributed by atoms with Gasteiger partial charge in [0.15, 0.2) is 0 Å². The highest BCUT2D eigenvalue weighted by molar-refractivity contribution is 5.94. The summed E-state index contributed by atoms with van der Waals surface area (Å²) in [7, 11) is 0. The third-order valence-corrected chi connectivity index (χ3v) is 6.07. The number of carbonyl (C=O) groups excluding carboxylic acids is 4. The molecule has 0 aliphatic carbocycles. The van der Waals surface area contributed by atoms with Crippen molar-refractivity contribution in [2.75, 3.05) is 26.2 Å². The first-order valence-electron chi connectivity index (χ1n) is 13.5. The molecule has 13 nitrogen and oxygen atoms in total. The molecule has 4 amide bonds. The average Bonchev–Trinajstić information content (AvgIpc) is 2.86. The minimum atomic E-state index is -0.928. The third kappa shape index (κ3) is 16.2. The number of nitrogens with one attached hydrogen (secondary N) is 3. The first kappa shape index (κ1) is 34.7. The van der Waals surface area contributed by atoms with Gasteiger partial charge in [-0.1, -0.05) is 6.42 Å². The summed E-state index contributed by atoms with van der Waals surface area (Å²) in [5.41, 5.74) is 33.6. The Kier molecular flexibility index (Phi) is 20.4.